The molecular formula is C15H19IO4. The lowest BCUT2D eigenvalue weighted by molar-refractivity contribution is -0.0523. The minimum atomic E-state index is 0.00778. The number of hydrogen-bond donors (Lipinski definition) is 0. The highest BCUT2D eigenvalue weighted by molar-refractivity contribution is 14.1. The molecular weight excluding hydrogens is 371 g/mol. The summed E-state index contributed by atoms with van der Waals surface area (Å²) in [6, 6.07) is 10.2. The maximum atomic E-state index is 5.95. The largest absolute Gasteiger partial charge is 0.372 e. The van der Waals surface area contributed by atoms with Gasteiger partial charge in [0.25, 0.3) is 0 Å². The summed E-state index contributed by atoms with van der Waals surface area (Å²) in [4.78, 5) is 0. The summed E-state index contributed by atoms with van der Waals surface area (Å²) in [5.41, 5.74) is 1.17. The molecule has 1 aromatic rings. The van der Waals surface area contributed by atoms with Crippen LogP contribution >= 0.6 is 22.6 Å². The maximum absolute atomic E-state index is 5.95. The topological polar surface area (TPSA) is 36.9 Å². The molecule has 20 heavy (non-hydrogen) atoms. The molecule has 0 aromatic heterocycles. The van der Waals surface area contributed by atoms with Crippen molar-refractivity contribution in [2.24, 2.45) is 0 Å². The lowest BCUT2D eigenvalue weighted by atomic mass is 10.1. The Morgan fingerprint density at radius 2 is 1.65 bits per heavy atom. The van der Waals surface area contributed by atoms with Crippen LogP contribution in [0.4, 0.5) is 0 Å². The van der Waals surface area contributed by atoms with E-state index in [1.165, 1.54) is 5.56 Å². The number of fused-ring (bicyclic) bond motifs is 1. The second-order valence-corrected chi connectivity index (χ2v) is 6.11. The van der Waals surface area contributed by atoms with E-state index in [1.54, 1.807) is 0 Å². The standard InChI is InChI=1S/C15H19IO4/c16-6-7-17-12-9-19-15-13(10-20-14(12)15)18-8-11-4-2-1-3-5-11/h1-5,12-15H,6-10H2/t12-,13+,14+,15+/m0/s1. The van der Waals surface area contributed by atoms with Gasteiger partial charge in [-0.2, -0.15) is 0 Å². The van der Waals surface area contributed by atoms with Crippen LogP contribution in [0, 0.1) is 0 Å². The smallest absolute Gasteiger partial charge is 0.115 e. The predicted molar refractivity (Wildman–Crippen MR) is 83.1 cm³/mol. The van der Waals surface area contributed by atoms with Gasteiger partial charge in [-0.25, -0.2) is 0 Å². The van der Waals surface area contributed by atoms with Gasteiger partial charge in [0.1, 0.15) is 24.4 Å². The van der Waals surface area contributed by atoms with Crippen molar-refractivity contribution in [3.63, 3.8) is 0 Å². The highest BCUT2D eigenvalue weighted by atomic mass is 127. The fourth-order valence-electron chi connectivity index (χ4n) is 2.69. The summed E-state index contributed by atoms with van der Waals surface area (Å²) in [5.74, 6) is 0. The van der Waals surface area contributed by atoms with E-state index in [4.69, 9.17) is 18.9 Å². The Morgan fingerprint density at radius 3 is 2.30 bits per heavy atom. The second-order valence-electron chi connectivity index (χ2n) is 5.03. The third kappa shape index (κ3) is 3.33. The minimum Gasteiger partial charge on any atom is -0.372 e. The number of ether oxygens (including phenoxy) is 4. The quantitative estimate of drug-likeness (QED) is 0.552. The Hall–Kier alpha value is -0.210. The molecule has 5 heteroatoms. The van der Waals surface area contributed by atoms with Gasteiger partial charge < -0.3 is 18.9 Å². The fraction of sp³-hybridized carbons (Fsp3) is 0.600. The average molecular weight is 390 g/mol. The van der Waals surface area contributed by atoms with Crippen LogP contribution in [0.25, 0.3) is 0 Å². The SMILES string of the molecule is ICCO[C@H]1CO[C@H]2[C@@H]1OC[C@H]2OCc1ccccc1. The van der Waals surface area contributed by atoms with Crippen molar-refractivity contribution in [2.45, 2.75) is 31.0 Å². The predicted octanol–water partition coefficient (Wildman–Crippen LogP) is 2.19. The van der Waals surface area contributed by atoms with E-state index in [1.807, 2.05) is 18.2 Å². The van der Waals surface area contributed by atoms with Crippen LogP contribution in [0.5, 0.6) is 0 Å². The molecule has 0 amide bonds. The van der Waals surface area contributed by atoms with Crippen LogP contribution in [0.2, 0.25) is 0 Å². The second kappa shape index (κ2) is 7.17. The Kier molecular flexibility index (Phi) is 5.28. The Morgan fingerprint density at radius 1 is 1.00 bits per heavy atom. The van der Waals surface area contributed by atoms with E-state index >= 15 is 0 Å². The van der Waals surface area contributed by atoms with Gasteiger partial charge >= 0.3 is 0 Å². The van der Waals surface area contributed by atoms with E-state index in [-0.39, 0.29) is 24.4 Å². The van der Waals surface area contributed by atoms with Crippen LogP contribution in [-0.2, 0) is 25.6 Å². The zero-order valence-corrected chi connectivity index (χ0v) is 13.4. The van der Waals surface area contributed by atoms with E-state index < -0.39 is 0 Å². The molecule has 0 saturated carbocycles. The monoisotopic (exact) mass is 390 g/mol. The van der Waals surface area contributed by atoms with Crippen LogP contribution in [0.1, 0.15) is 5.56 Å². The first-order valence-corrected chi connectivity index (χ1v) is 8.47. The van der Waals surface area contributed by atoms with Crippen molar-refractivity contribution in [1.82, 2.24) is 0 Å². The van der Waals surface area contributed by atoms with Gasteiger partial charge in [-0.05, 0) is 5.56 Å². The highest BCUT2D eigenvalue weighted by Crippen LogP contribution is 2.30. The van der Waals surface area contributed by atoms with Crippen molar-refractivity contribution in [3.05, 3.63) is 35.9 Å². The molecule has 4 atom stereocenters. The number of benzene rings is 1. The molecule has 2 saturated heterocycles. The van der Waals surface area contributed by atoms with Gasteiger partial charge in [0.2, 0.25) is 0 Å². The summed E-state index contributed by atoms with van der Waals surface area (Å²) >= 11 is 2.31. The molecule has 2 heterocycles. The van der Waals surface area contributed by atoms with Crippen molar-refractivity contribution >= 4 is 22.6 Å². The molecule has 2 aliphatic heterocycles. The fourth-order valence-corrected chi connectivity index (χ4v) is 2.94. The first kappa shape index (κ1) is 14.7. The number of alkyl halides is 1. The average Bonchev–Trinajstić information content (AvgIpc) is 3.06. The van der Waals surface area contributed by atoms with E-state index in [0.717, 1.165) is 11.0 Å². The number of rotatable bonds is 6. The van der Waals surface area contributed by atoms with Gasteiger partial charge in [-0.3, -0.25) is 0 Å². The lowest BCUT2D eigenvalue weighted by Gasteiger charge is -2.17. The van der Waals surface area contributed by atoms with E-state index in [2.05, 4.69) is 34.7 Å². The molecule has 2 fully saturated rings. The molecule has 1 aromatic carbocycles. The van der Waals surface area contributed by atoms with E-state index in [0.29, 0.717) is 19.8 Å². The summed E-state index contributed by atoms with van der Waals surface area (Å²) in [7, 11) is 0. The van der Waals surface area contributed by atoms with Crippen LogP contribution < -0.4 is 0 Å². The molecule has 3 rings (SSSR count). The lowest BCUT2D eigenvalue weighted by Crippen LogP contribution is -2.34. The van der Waals surface area contributed by atoms with Crippen molar-refractivity contribution in [1.29, 1.82) is 0 Å². The minimum absolute atomic E-state index is 0.00778. The van der Waals surface area contributed by atoms with Crippen molar-refractivity contribution in [2.75, 3.05) is 24.2 Å². The summed E-state index contributed by atoms with van der Waals surface area (Å²) < 4.78 is 24.3. The molecule has 4 nitrogen and oxygen atoms in total. The summed E-state index contributed by atoms with van der Waals surface area (Å²) in [5, 5.41) is 0. The molecule has 0 bridgehead atoms. The molecule has 110 valence electrons. The maximum Gasteiger partial charge on any atom is 0.115 e. The van der Waals surface area contributed by atoms with Gasteiger partial charge in [0, 0.05) is 4.43 Å². The molecule has 0 aliphatic carbocycles. The molecule has 2 aliphatic rings. The van der Waals surface area contributed by atoms with Crippen molar-refractivity contribution in [3.8, 4) is 0 Å². The third-order valence-electron chi connectivity index (χ3n) is 3.68. The Labute approximate surface area is 132 Å². The van der Waals surface area contributed by atoms with Gasteiger partial charge in [0.15, 0.2) is 0 Å². The van der Waals surface area contributed by atoms with Crippen LogP contribution in [0.3, 0.4) is 0 Å². The van der Waals surface area contributed by atoms with Crippen LogP contribution in [0.15, 0.2) is 30.3 Å². The number of hydrogen-bond acceptors (Lipinski definition) is 4. The molecule has 0 N–H and O–H groups in total. The van der Waals surface area contributed by atoms with Gasteiger partial charge in [-0.1, -0.05) is 52.9 Å². The Bertz CT molecular complexity index is 414. The molecule has 0 radical (unpaired) electrons. The first-order chi connectivity index (χ1) is 9.88. The third-order valence-corrected chi connectivity index (χ3v) is 4.12. The normalized spacial score (nSPS) is 32.5. The van der Waals surface area contributed by atoms with Gasteiger partial charge in [0.05, 0.1) is 26.4 Å². The highest BCUT2D eigenvalue weighted by Gasteiger charge is 2.48. The molecule has 0 unspecified atom stereocenters. The zero-order chi connectivity index (χ0) is 13.8. The van der Waals surface area contributed by atoms with Crippen LogP contribution in [-0.4, -0.2) is 48.7 Å². The summed E-state index contributed by atoms with van der Waals surface area (Å²) in [6.07, 6.45) is 0.102. The van der Waals surface area contributed by atoms with E-state index in [9.17, 15) is 0 Å². The zero-order valence-electron chi connectivity index (χ0n) is 11.2. The van der Waals surface area contributed by atoms with Gasteiger partial charge in [-0.15, -0.1) is 0 Å². The first-order valence-electron chi connectivity index (χ1n) is 6.95. The van der Waals surface area contributed by atoms with Crippen molar-refractivity contribution < 1.29 is 18.9 Å². The Balaban J connectivity index is 1.51. The molecule has 0 spiro atoms. The summed E-state index contributed by atoms with van der Waals surface area (Å²) in [6.45, 7) is 2.54. The number of halogens is 1.